The fourth-order valence-electron chi connectivity index (χ4n) is 5.11. The lowest BCUT2D eigenvalue weighted by molar-refractivity contribution is -0.125. The van der Waals surface area contributed by atoms with Crippen LogP contribution in [0.4, 0.5) is 5.69 Å². The van der Waals surface area contributed by atoms with Gasteiger partial charge in [-0.25, -0.2) is 4.99 Å². The highest BCUT2D eigenvalue weighted by atomic mass is 35.5. The van der Waals surface area contributed by atoms with Crippen molar-refractivity contribution in [1.29, 1.82) is 0 Å². The molecular formula is C24H18ClN5O3. The molecule has 0 aromatic heterocycles. The maximum Gasteiger partial charge on any atom is 0.252 e. The number of rotatable bonds is 1. The quantitative estimate of drug-likeness (QED) is 0.442. The smallest absolute Gasteiger partial charge is 0.252 e. The second-order valence-corrected chi connectivity index (χ2v) is 8.75. The SMILES string of the molecule is CC1=NC2(C3=C(N1)NC1C(=O)c4ccccc4C(=O)C1=C3N)C(Cl)C(=O)N2c1ccccc1. The summed E-state index contributed by atoms with van der Waals surface area (Å²) in [5.74, 6) is -0.0154. The molecule has 0 bridgehead atoms. The van der Waals surface area contributed by atoms with Gasteiger partial charge in [-0.05, 0) is 19.1 Å². The minimum absolute atomic E-state index is 0.101. The highest BCUT2D eigenvalue weighted by molar-refractivity contribution is 6.39. The van der Waals surface area contributed by atoms with Crippen molar-refractivity contribution in [2.24, 2.45) is 10.7 Å². The molecule has 8 nitrogen and oxygen atoms in total. The number of nitrogens with one attached hydrogen (secondary N) is 2. The first-order valence-corrected chi connectivity index (χ1v) is 10.9. The molecule has 4 N–H and O–H groups in total. The van der Waals surface area contributed by atoms with Gasteiger partial charge in [-0.3, -0.25) is 19.3 Å². The standard InChI is InChI=1S/C24H18ClN5O3/c1-11-27-22-16(24(29-11)21(25)23(33)30(24)12-7-3-2-4-8-12)17(26)15-18(28-22)20(32)14-10-6-5-9-13(14)19(15)31/h2-10,18,21,28H,26H2,1H3,(H,27,29). The second kappa shape index (κ2) is 6.55. The Morgan fingerprint density at radius 3 is 2.42 bits per heavy atom. The third-order valence-corrected chi connectivity index (χ3v) is 6.98. The molecule has 3 heterocycles. The number of benzene rings is 2. The van der Waals surface area contributed by atoms with Crippen LogP contribution in [0.2, 0.25) is 0 Å². The zero-order valence-electron chi connectivity index (χ0n) is 17.4. The van der Waals surface area contributed by atoms with Gasteiger partial charge in [0.15, 0.2) is 22.6 Å². The maximum absolute atomic E-state index is 13.4. The van der Waals surface area contributed by atoms with Crippen LogP contribution in [0.25, 0.3) is 0 Å². The summed E-state index contributed by atoms with van der Waals surface area (Å²) in [6.45, 7) is 1.74. The van der Waals surface area contributed by atoms with Crippen molar-refractivity contribution in [3.05, 3.63) is 88.4 Å². The first kappa shape index (κ1) is 19.8. The lowest BCUT2D eigenvalue weighted by atomic mass is 9.74. The number of Topliss-reactive ketones (excluding diaryl/α,β-unsaturated/α-hetero) is 2. The predicted molar refractivity (Wildman–Crippen MR) is 123 cm³/mol. The number of amides is 1. The van der Waals surface area contributed by atoms with E-state index in [2.05, 4.69) is 10.6 Å². The zero-order chi connectivity index (χ0) is 23.1. The molecule has 3 aliphatic heterocycles. The van der Waals surface area contributed by atoms with Crippen molar-refractivity contribution in [1.82, 2.24) is 10.6 Å². The molecule has 6 rings (SSSR count). The zero-order valence-corrected chi connectivity index (χ0v) is 18.2. The van der Waals surface area contributed by atoms with E-state index >= 15 is 0 Å². The molecule has 1 fully saturated rings. The van der Waals surface area contributed by atoms with E-state index in [1.165, 1.54) is 4.90 Å². The first-order chi connectivity index (χ1) is 15.9. The Hall–Kier alpha value is -3.91. The molecule has 0 radical (unpaired) electrons. The number of fused-ring (bicyclic) bond motifs is 3. The molecule has 164 valence electrons. The molecule has 1 spiro atoms. The van der Waals surface area contributed by atoms with Crippen LogP contribution in [0.3, 0.4) is 0 Å². The maximum atomic E-state index is 13.4. The van der Waals surface area contributed by atoms with Crippen molar-refractivity contribution >= 4 is 40.6 Å². The monoisotopic (exact) mass is 459 g/mol. The number of ketones is 2. The Morgan fingerprint density at radius 1 is 1.03 bits per heavy atom. The summed E-state index contributed by atoms with van der Waals surface area (Å²) in [5.41, 5.74) is 7.14. The molecule has 3 atom stereocenters. The number of para-hydroxylation sites is 1. The van der Waals surface area contributed by atoms with Gasteiger partial charge in [0.25, 0.3) is 5.91 Å². The topological polar surface area (TPSA) is 117 Å². The Kier molecular flexibility index (Phi) is 3.92. The Bertz CT molecular complexity index is 1380. The molecular weight excluding hydrogens is 442 g/mol. The highest BCUT2D eigenvalue weighted by Gasteiger charge is 2.66. The molecule has 0 saturated carbocycles. The minimum Gasteiger partial charge on any atom is -0.398 e. The summed E-state index contributed by atoms with van der Waals surface area (Å²) in [5, 5.41) is 5.23. The molecule has 2 aromatic rings. The van der Waals surface area contributed by atoms with E-state index in [-0.39, 0.29) is 28.7 Å². The normalized spacial score (nSPS) is 27.9. The van der Waals surface area contributed by atoms with Crippen molar-refractivity contribution in [3.8, 4) is 0 Å². The van der Waals surface area contributed by atoms with E-state index < -0.39 is 17.1 Å². The van der Waals surface area contributed by atoms with Crippen LogP contribution in [-0.4, -0.2) is 40.4 Å². The van der Waals surface area contributed by atoms with Crippen LogP contribution in [0.15, 0.2) is 82.3 Å². The summed E-state index contributed by atoms with van der Waals surface area (Å²) in [7, 11) is 0. The third-order valence-electron chi connectivity index (χ3n) is 6.49. The number of amidine groups is 1. The number of nitrogens with two attached hydrogens (primary N) is 1. The van der Waals surface area contributed by atoms with Crippen LogP contribution in [0, 0.1) is 0 Å². The van der Waals surface area contributed by atoms with Crippen molar-refractivity contribution in [2.75, 3.05) is 4.90 Å². The van der Waals surface area contributed by atoms with Gasteiger partial charge in [0, 0.05) is 16.8 Å². The van der Waals surface area contributed by atoms with Crippen LogP contribution in [-0.2, 0) is 4.79 Å². The van der Waals surface area contributed by atoms with E-state index in [1.807, 2.05) is 18.2 Å². The Labute approximate surface area is 193 Å². The van der Waals surface area contributed by atoms with Crippen LogP contribution in [0.5, 0.6) is 0 Å². The number of hydrogen-bond donors (Lipinski definition) is 3. The first-order valence-electron chi connectivity index (χ1n) is 10.4. The highest BCUT2D eigenvalue weighted by Crippen LogP contribution is 2.51. The second-order valence-electron chi connectivity index (χ2n) is 8.31. The number of hydrogen-bond acceptors (Lipinski definition) is 7. The molecule has 4 aliphatic rings. The third kappa shape index (κ3) is 2.36. The molecule has 1 saturated heterocycles. The van der Waals surface area contributed by atoms with Crippen molar-refractivity contribution in [3.63, 3.8) is 0 Å². The lowest BCUT2D eigenvalue weighted by Crippen LogP contribution is -2.76. The van der Waals surface area contributed by atoms with Gasteiger partial charge < -0.3 is 16.4 Å². The number of anilines is 1. The molecule has 1 amide bonds. The number of halogens is 1. The fourth-order valence-corrected chi connectivity index (χ4v) is 5.46. The van der Waals surface area contributed by atoms with Gasteiger partial charge >= 0.3 is 0 Å². The van der Waals surface area contributed by atoms with Crippen molar-refractivity contribution in [2.45, 2.75) is 24.0 Å². The van der Waals surface area contributed by atoms with Crippen LogP contribution >= 0.6 is 11.6 Å². The predicted octanol–water partition coefficient (Wildman–Crippen LogP) is 1.83. The average Bonchev–Trinajstić information content (AvgIpc) is 2.82. The van der Waals surface area contributed by atoms with Crippen molar-refractivity contribution < 1.29 is 14.4 Å². The molecule has 2 aromatic carbocycles. The Morgan fingerprint density at radius 2 is 1.70 bits per heavy atom. The number of β-lactam (4-membered cyclic amide) rings is 1. The molecule has 1 aliphatic carbocycles. The average molecular weight is 460 g/mol. The largest absolute Gasteiger partial charge is 0.398 e. The summed E-state index contributed by atoms with van der Waals surface area (Å²) in [6, 6.07) is 14.7. The number of carbonyl (C=O) groups excluding carboxylic acids is 3. The van der Waals surface area contributed by atoms with Crippen LogP contribution in [0.1, 0.15) is 27.6 Å². The van der Waals surface area contributed by atoms with Gasteiger partial charge in [0.2, 0.25) is 0 Å². The van der Waals surface area contributed by atoms with Gasteiger partial charge in [-0.2, -0.15) is 0 Å². The number of alkyl halides is 1. The van der Waals surface area contributed by atoms with E-state index in [1.54, 1.807) is 43.3 Å². The van der Waals surface area contributed by atoms with Gasteiger partial charge in [0.05, 0.1) is 16.8 Å². The number of carbonyl (C=O) groups is 3. The number of nitrogens with zero attached hydrogens (tertiary/aromatic N) is 2. The van der Waals surface area contributed by atoms with Gasteiger partial charge in [-0.15, -0.1) is 11.6 Å². The van der Waals surface area contributed by atoms with E-state index in [4.69, 9.17) is 22.3 Å². The number of aliphatic imine (C=N–C) groups is 1. The Balaban J connectivity index is 1.58. The van der Waals surface area contributed by atoms with E-state index in [9.17, 15) is 14.4 Å². The summed E-state index contributed by atoms with van der Waals surface area (Å²) in [4.78, 5) is 45.9. The van der Waals surface area contributed by atoms with Crippen LogP contribution < -0.4 is 21.3 Å². The summed E-state index contributed by atoms with van der Waals surface area (Å²) in [6.07, 6.45) is 0. The fraction of sp³-hybridized carbons (Fsp3) is 0.167. The molecule has 9 heteroatoms. The van der Waals surface area contributed by atoms with Gasteiger partial charge in [0.1, 0.15) is 17.7 Å². The van der Waals surface area contributed by atoms with Gasteiger partial charge in [-0.1, -0.05) is 42.5 Å². The number of dihydropyridines is 1. The molecule has 3 unspecified atom stereocenters. The lowest BCUT2D eigenvalue weighted by Gasteiger charge is -2.56. The summed E-state index contributed by atoms with van der Waals surface area (Å²) < 4.78 is 0. The van der Waals surface area contributed by atoms with E-state index in [0.29, 0.717) is 34.0 Å². The summed E-state index contributed by atoms with van der Waals surface area (Å²) >= 11 is 6.63. The minimum atomic E-state index is -1.36. The molecule has 33 heavy (non-hydrogen) atoms. The van der Waals surface area contributed by atoms with E-state index in [0.717, 1.165) is 0 Å².